The predicted octanol–water partition coefficient (Wildman–Crippen LogP) is 4.60. The first kappa shape index (κ1) is 25.7. The van der Waals surface area contributed by atoms with Gasteiger partial charge in [0.05, 0.1) is 29.4 Å². The molecule has 0 radical (unpaired) electrons. The standard InChI is InChI=1S/C28H25FN6O4S/c1-38-18-4-2-3-16(11-18)14-28(30-15-31-35-28)26(37)32-23-12-19(7-9-21(23)29)39-20-8-10-22-24(13-20)40-27(33-22)34-25(36)17-5-6-17/h2-4,7-13,15,17,35H,5-6,14H2,1H3,(H,30,31)(H,32,37)(H,33,34,36). The number of ether oxygens (including phenoxy) is 2. The fourth-order valence-electron chi connectivity index (χ4n) is 4.29. The van der Waals surface area contributed by atoms with Gasteiger partial charge in [-0.2, -0.15) is 0 Å². The third-order valence-electron chi connectivity index (χ3n) is 6.56. The number of nitrogens with one attached hydrogen (secondary N) is 4. The van der Waals surface area contributed by atoms with Gasteiger partial charge in [-0.3, -0.25) is 9.59 Å². The monoisotopic (exact) mass is 560 g/mol. The number of amides is 2. The Balaban J connectivity index is 1.18. The fraction of sp³-hybridized carbons (Fsp3) is 0.214. The minimum atomic E-state index is -1.40. The number of nitrogens with zero attached hydrogens (tertiary/aromatic N) is 2. The normalized spacial score (nSPS) is 17.9. The molecule has 4 N–H and O–H groups in total. The Morgan fingerprint density at radius 2 is 1.90 bits per heavy atom. The van der Waals surface area contributed by atoms with Crippen LogP contribution in [0.3, 0.4) is 0 Å². The average Bonchev–Trinajstić information content (AvgIpc) is 3.57. The SMILES string of the molecule is COc1cccc(CC2(C(=O)Nc3cc(Oc4ccc5nc(NC(=O)C6CC6)sc5c4)ccc3F)N=CNN2)c1. The molecule has 204 valence electrons. The van der Waals surface area contributed by atoms with E-state index in [4.69, 9.17) is 9.47 Å². The molecule has 1 unspecified atom stereocenters. The molecule has 0 bridgehead atoms. The lowest BCUT2D eigenvalue weighted by Gasteiger charge is -2.25. The van der Waals surface area contributed by atoms with E-state index >= 15 is 0 Å². The number of rotatable bonds is 9. The molecule has 6 rings (SSSR count). The molecule has 1 aliphatic heterocycles. The van der Waals surface area contributed by atoms with Crippen molar-refractivity contribution in [3.05, 3.63) is 72.0 Å². The number of aliphatic imine (C=N–C) groups is 1. The Hall–Kier alpha value is -4.55. The molecule has 1 aliphatic carbocycles. The van der Waals surface area contributed by atoms with Gasteiger partial charge < -0.3 is 25.5 Å². The summed E-state index contributed by atoms with van der Waals surface area (Å²) in [5, 5.41) is 6.04. The molecule has 4 aromatic rings. The van der Waals surface area contributed by atoms with Crippen LogP contribution in [-0.2, 0) is 16.0 Å². The van der Waals surface area contributed by atoms with E-state index in [0.717, 1.165) is 28.6 Å². The summed E-state index contributed by atoms with van der Waals surface area (Å²) in [6.07, 6.45) is 3.40. The first-order valence-electron chi connectivity index (χ1n) is 12.6. The molecule has 2 amide bonds. The van der Waals surface area contributed by atoms with E-state index in [0.29, 0.717) is 22.4 Å². The van der Waals surface area contributed by atoms with Crippen LogP contribution in [0.15, 0.2) is 65.7 Å². The number of methoxy groups -OCH3 is 1. The molecule has 10 nitrogen and oxygen atoms in total. The van der Waals surface area contributed by atoms with Gasteiger partial charge >= 0.3 is 0 Å². The topological polar surface area (TPSA) is 126 Å². The molecule has 1 saturated carbocycles. The van der Waals surface area contributed by atoms with Crippen molar-refractivity contribution in [1.82, 2.24) is 15.8 Å². The molecule has 12 heteroatoms. The van der Waals surface area contributed by atoms with E-state index in [1.54, 1.807) is 31.4 Å². The first-order valence-corrected chi connectivity index (χ1v) is 13.4. The van der Waals surface area contributed by atoms with E-state index in [1.807, 2.05) is 18.2 Å². The van der Waals surface area contributed by atoms with Crippen LogP contribution in [0.5, 0.6) is 17.2 Å². The molecule has 0 saturated heterocycles. The Morgan fingerprint density at radius 1 is 1.07 bits per heavy atom. The number of aromatic nitrogens is 1. The Morgan fingerprint density at radius 3 is 2.67 bits per heavy atom. The third kappa shape index (κ3) is 5.44. The first-order chi connectivity index (χ1) is 19.4. The zero-order valence-corrected chi connectivity index (χ0v) is 22.2. The van der Waals surface area contributed by atoms with Crippen LogP contribution in [0, 0.1) is 11.7 Å². The predicted molar refractivity (Wildman–Crippen MR) is 150 cm³/mol. The number of benzene rings is 3. The fourth-order valence-corrected chi connectivity index (χ4v) is 5.19. The van der Waals surface area contributed by atoms with Crippen LogP contribution in [0.4, 0.5) is 15.2 Å². The van der Waals surface area contributed by atoms with Crippen LogP contribution in [-0.4, -0.2) is 35.9 Å². The van der Waals surface area contributed by atoms with Gasteiger partial charge in [-0.25, -0.2) is 19.8 Å². The molecule has 40 heavy (non-hydrogen) atoms. The van der Waals surface area contributed by atoms with Gasteiger partial charge in [0.1, 0.15) is 23.1 Å². The summed E-state index contributed by atoms with van der Waals surface area (Å²) in [4.78, 5) is 34.2. The van der Waals surface area contributed by atoms with Crippen molar-refractivity contribution in [2.45, 2.75) is 24.9 Å². The lowest BCUT2D eigenvalue weighted by atomic mass is 9.99. The minimum Gasteiger partial charge on any atom is -0.497 e. The van der Waals surface area contributed by atoms with Crippen molar-refractivity contribution in [3.63, 3.8) is 0 Å². The van der Waals surface area contributed by atoms with Gasteiger partial charge in [0.25, 0.3) is 5.91 Å². The number of hydrogen-bond acceptors (Lipinski definition) is 9. The van der Waals surface area contributed by atoms with Gasteiger partial charge in [-0.1, -0.05) is 23.5 Å². The number of hydrazine groups is 1. The van der Waals surface area contributed by atoms with Crippen molar-refractivity contribution >= 4 is 50.5 Å². The average molecular weight is 561 g/mol. The molecule has 1 fully saturated rings. The van der Waals surface area contributed by atoms with Gasteiger partial charge in [0.2, 0.25) is 11.6 Å². The second-order valence-electron chi connectivity index (χ2n) is 9.53. The van der Waals surface area contributed by atoms with Gasteiger partial charge in [0, 0.05) is 24.5 Å². The van der Waals surface area contributed by atoms with Gasteiger partial charge in [-0.05, 0) is 54.8 Å². The Labute approximate surface area is 232 Å². The molecule has 1 aromatic heterocycles. The number of anilines is 2. The van der Waals surface area contributed by atoms with Crippen LogP contribution >= 0.6 is 11.3 Å². The number of fused-ring (bicyclic) bond motifs is 1. The van der Waals surface area contributed by atoms with Crippen LogP contribution in [0.1, 0.15) is 18.4 Å². The maximum absolute atomic E-state index is 14.8. The zero-order chi connectivity index (χ0) is 27.7. The van der Waals surface area contributed by atoms with Crippen LogP contribution in [0.2, 0.25) is 0 Å². The smallest absolute Gasteiger partial charge is 0.269 e. The number of thiazole rings is 1. The lowest BCUT2D eigenvalue weighted by molar-refractivity contribution is -0.122. The number of carbonyl (C=O) groups excluding carboxylic acids is 2. The summed E-state index contributed by atoms with van der Waals surface area (Å²) < 4.78 is 26.9. The second-order valence-corrected chi connectivity index (χ2v) is 10.6. The molecular weight excluding hydrogens is 535 g/mol. The molecule has 3 aromatic carbocycles. The van der Waals surface area contributed by atoms with Crippen LogP contribution in [0.25, 0.3) is 10.2 Å². The summed E-state index contributed by atoms with van der Waals surface area (Å²) in [5.41, 5.74) is 5.70. The van der Waals surface area contributed by atoms with Crippen LogP contribution < -0.4 is 31.0 Å². The van der Waals surface area contributed by atoms with Gasteiger partial charge in [-0.15, -0.1) is 0 Å². The number of halogens is 1. The molecule has 1 atom stereocenters. The van der Waals surface area contributed by atoms with E-state index in [1.165, 1.54) is 35.9 Å². The van der Waals surface area contributed by atoms with Crippen molar-refractivity contribution < 1.29 is 23.5 Å². The summed E-state index contributed by atoms with van der Waals surface area (Å²) >= 11 is 1.35. The maximum atomic E-state index is 14.8. The number of carbonyl (C=O) groups is 2. The summed E-state index contributed by atoms with van der Waals surface area (Å²) in [7, 11) is 1.56. The third-order valence-corrected chi connectivity index (χ3v) is 7.49. The maximum Gasteiger partial charge on any atom is 0.269 e. The quantitative estimate of drug-likeness (QED) is 0.236. The summed E-state index contributed by atoms with van der Waals surface area (Å²) in [5.74, 6) is 0.376. The van der Waals surface area contributed by atoms with E-state index < -0.39 is 17.4 Å². The van der Waals surface area contributed by atoms with Gasteiger partial charge in [0.15, 0.2) is 5.13 Å². The Bertz CT molecular complexity index is 1640. The van der Waals surface area contributed by atoms with E-state index in [2.05, 4.69) is 31.5 Å². The second kappa shape index (κ2) is 10.5. The molecular formula is C28H25FN6O4S. The molecule has 2 aliphatic rings. The van der Waals surface area contributed by atoms with E-state index in [9.17, 15) is 14.0 Å². The van der Waals surface area contributed by atoms with Crippen molar-refractivity contribution in [3.8, 4) is 17.2 Å². The zero-order valence-electron chi connectivity index (χ0n) is 21.4. The highest BCUT2D eigenvalue weighted by Gasteiger charge is 2.41. The van der Waals surface area contributed by atoms with Crippen molar-refractivity contribution in [1.29, 1.82) is 0 Å². The molecule has 2 heterocycles. The van der Waals surface area contributed by atoms with Crippen molar-refractivity contribution in [2.75, 3.05) is 17.7 Å². The summed E-state index contributed by atoms with van der Waals surface area (Å²) in [6, 6.07) is 16.7. The highest BCUT2D eigenvalue weighted by Crippen LogP contribution is 2.35. The highest BCUT2D eigenvalue weighted by molar-refractivity contribution is 7.22. The lowest BCUT2D eigenvalue weighted by Crippen LogP contribution is -2.55. The van der Waals surface area contributed by atoms with Crippen molar-refractivity contribution in [2.24, 2.45) is 10.9 Å². The largest absolute Gasteiger partial charge is 0.497 e. The minimum absolute atomic E-state index is 0.00373. The molecule has 0 spiro atoms. The summed E-state index contributed by atoms with van der Waals surface area (Å²) in [6.45, 7) is 0. The highest BCUT2D eigenvalue weighted by atomic mass is 32.1. The number of hydrogen-bond donors (Lipinski definition) is 4. The van der Waals surface area contributed by atoms with E-state index in [-0.39, 0.29) is 23.9 Å². The Kier molecular flexibility index (Phi) is 6.78.